The monoisotopic (exact) mass is 346 g/mol. The van der Waals surface area contributed by atoms with Crippen LogP contribution in [0.2, 0.25) is 0 Å². The molecule has 2 rings (SSSR count). The Bertz CT molecular complexity index is 527. The minimum atomic E-state index is -3.46. The average Bonchev–Trinajstić information content (AvgIpc) is 2.39. The van der Waals surface area contributed by atoms with Gasteiger partial charge in [-0.3, -0.25) is 0 Å². The predicted octanol–water partition coefficient (Wildman–Crippen LogP) is 2.12. The highest BCUT2D eigenvalue weighted by Gasteiger charge is 2.25. The van der Waals surface area contributed by atoms with E-state index in [1.807, 2.05) is 6.92 Å². The van der Waals surface area contributed by atoms with E-state index in [-0.39, 0.29) is 6.04 Å². The van der Waals surface area contributed by atoms with Crippen molar-refractivity contribution in [1.82, 2.24) is 10.0 Å². The molecule has 1 aliphatic rings. The van der Waals surface area contributed by atoms with E-state index in [0.717, 1.165) is 25.9 Å². The fraction of sp³-hybridized carbons (Fsp3) is 0.538. The van der Waals surface area contributed by atoms with Crippen LogP contribution >= 0.6 is 15.9 Å². The van der Waals surface area contributed by atoms with E-state index in [4.69, 9.17) is 0 Å². The third-order valence-corrected chi connectivity index (χ3v) is 6.08. The van der Waals surface area contributed by atoms with Crippen LogP contribution in [0.1, 0.15) is 19.8 Å². The second kappa shape index (κ2) is 6.35. The van der Waals surface area contributed by atoms with Gasteiger partial charge in [-0.05, 0) is 66.8 Å². The molecule has 2 atom stereocenters. The van der Waals surface area contributed by atoms with Gasteiger partial charge in [0, 0.05) is 10.5 Å². The molecule has 0 radical (unpaired) electrons. The van der Waals surface area contributed by atoms with Crippen LogP contribution in [0.25, 0.3) is 0 Å². The number of hydrogen-bond acceptors (Lipinski definition) is 3. The standard InChI is InChI=1S/C13H19BrN2O2S/c1-10(11-5-4-8-15-9-11)16-19(17,18)13-7-3-2-6-12(13)14/h2-3,6-7,10-11,15-16H,4-5,8-9H2,1H3. The number of nitrogens with one attached hydrogen (secondary N) is 2. The third kappa shape index (κ3) is 3.78. The topological polar surface area (TPSA) is 58.2 Å². The maximum Gasteiger partial charge on any atom is 0.241 e. The molecule has 6 heteroatoms. The van der Waals surface area contributed by atoms with Gasteiger partial charge in [-0.2, -0.15) is 0 Å². The maximum atomic E-state index is 12.3. The highest BCUT2D eigenvalue weighted by atomic mass is 79.9. The molecule has 0 aliphatic carbocycles. The van der Waals surface area contributed by atoms with Crippen molar-refractivity contribution in [3.8, 4) is 0 Å². The van der Waals surface area contributed by atoms with Crippen LogP contribution in [0.15, 0.2) is 33.6 Å². The van der Waals surface area contributed by atoms with Gasteiger partial charge in [0.2, 0.25) is 10.0 Å². The molecule has 0 bridgehead atoms. The lowest BCUT2D eigenvalue weighted by molar-refractivity contribution is 0.320. The molecule has 2 unspecified atom stereocenters. The fourth-order valence-electron chi connectivity index (χ4n) is 2.37. The first-order chi connectivity index (χ1) is 9.00. The van der Waals surface area contributed by atoms with Crippen molar-refractivity contribution in [1.29, 1.82) is 0 Å². The number of hydrogen-bond donors (Lipinski definition) is 2. The lowest BCUT2D eigenvalue weighted by Gasteiger charge is -2.28. The summed E-state index contributed by atoms with van der Waals surface area (Å²) in [6, 6.07) is 6.81. The summed E-state index contributed by atoms with van der Waals surface area (Å²) in [6.07, 6.45) is 2.17. The molecule has 0 amide bonds. The lowest BCUT2D eigenvalue weighted by Crippen LogP contribution is -2.44. The Morgan fingerprint density at radius 1 is 1.42 bits per heavy atom. The molecule has 1 saturated heterocycles. The van der Waals surface area contributed by atoms with E-state index < -0.39 is 10.0 Å². The second-order valence-electron chi connectivity index (χ2n) is 4.95. The Hall–Kier alpha value is -0.430. The zero-order valence-corrected chi connectivity index (χ0v) is 13.3. The Balaban J connectivity index is 2.11. The van der Waals surface area contributed by atoms with Crippen LogP contribution < -0.4 is 10.0 Å². The number of rotatable bonds is 4. The fourth-order valence-corrected chi connectivity index (χ4v) is 4.69. The maximum absolute atomic E-state index is 12.3. The van der Waals surface area contributed by atoms with Crippen LogP contribution in [0.5, 0.6) is 0 Å². The smallest absolute Gasteiger partial charge is 0.241 e. The average molecular weight is 347 g/mol. The predicted molar refractivity (Wildman–Crippen MR) is 79.5 cm³/mol. The van der Waals surface area contributed by atoms with E-state index >= 15 is 0 Å². The summed E-state index contributed by atoms with van der Waals surface area (Å²) in [4.78, 5) is 0.297. The van der Waals surface area contributed by atoms with E-state index in [2.05, 4.69) is 26.0 Å². The summed E-state index contributed by atoms with van der Waals surface area (Å²) < 4.78 is 28.1. The quantitative estimate of drug-likeness (QED) is 0.877. The largest absolute Gasteiger partial charge is 0.316 e. The summed E-state index contributed by atoms with van der Waals surface area (Å²) in [5, 5.41) is 3.31. The molecule has 19 heavy (non-hydrogen) atoms. The second-order valence-corrected chi connectivity index (χ2v) is 7.48. The highest BCUT2D eigenvalue weighted by molar-refractivity contribution is 9.10. The van der Waals surface area contributed by atoms with Crippen LogP contribution in [-0.2, 0) is 10.0 Å². The first-order valence-electron chi connectivity index (χ1n) is 6.48. The highest BCUT2D eigenvalue weighted by Crippen LogP contribution is 2.22. The molecule has 4 nitrogen and oxygen atoms in total. The summed E-state index contributed by atoms with van der Waals surface area (Å²) in [7, 11) is -3.46. The first-order valence-corrected chi connectivity index (χ1v) is 8.76. The van der Waals surface area contributed by atoms with E-state index in [0.29, 0.717) is 15.3 Å². The van der Waals surface area contributed by atoms with E-state index in [9.17, 15) is 8.42 Å². The summed E-state index contributed by atoms with van der Waals surface area (Å²) in [5.41, 5.74) is 0. The van der Waals surface area contributed by atoms with Crippen molar-refractivity contribution in [2.45, 2.75) is 30.7 Å². The molecule has 1 heterocycles. The van der Waals surface area contributed by atoms with Gasteiger partial charge < -0.3 is 5.32 Å². The van der Waals surface area contributed by atoms with Crippen molar-refractivity contribution >= 4 is 26.0 Å². The summed E-state index contributed by atoms with van der Waals surface area (Å²) >= 11 is 3.29. The minimum Gasteiger partial charge on any atom is -0.316 e. The van der Waals surface area contributed by atoms with Crippen molar-refractivity contribution in [2.24, 2.45) is 5.92 Å². The molecular formula is C13H19BrN2O2S. The Morgan fingerprint density at radius 3 is 2.79 bits per heavy atom. The zero-order chi connectivity index (χ0) is 13.9. The molecule has 1 aromatic carbocycles. The normalized spacial score (nSPS) is 22.1. The van der Waals surface area contributed by atoms with Crippen molar-refractivity contribution in [2.75, 3.05) is 13.1 Å². The van der Waals surface area contributed by atoms with E-state index in [1.165, 1.54) is 0 Å². The molecule has 0 spiro atoms. The van der Waals surface area contributed by atoms with Gasteiger partial charge in [0.1, 0.15) is 0 Å². The summed E-state index contributed by atoms with van der Waals surface area (Å²) in [6.45, 7) is 3.84. The number of sulfonamides is 1. The Morgan fingerprint density at radius 2 is 2.16 bits per heavy atom. The molecule has 2 N–H and O–H groups in total. The van der Waals surface area contributed by atoms with Crippen LogP contribution in [0.4, 0.5) is 0 Å². The molecule has 1 aliphatic heterocycles. The van der Waals surface area contributed by atoms with Gasteiger partial charge in [0.05, 0.1) is 4.90 Å². The molecule has 1 fully saturated rings. The molecule has 0 aromatic heterocycles. The summed E-state index contributed by atoms with van der Waals surface area (Å²) in [5.74, 6) is 0.353. The SMILES string of the molecule is CC(NS(=O)(=O)c1ccccc1Br)C1CCCNC1. The molecule has 0 saturated carbocycles. The van der Waals surface area contributed by atoms with Crippen LogP contribution in [0.3, 0.4) is 0 Å². The molecule has 106 valence electrons. The van der Waals surface area contributed by atoms with Gasteiger partial charge in [0.15, 0.2) is 0 Å². The Kier molecular flexibility index (Phi) is 5.00. The van der Waals surface area contributed by atoms with Crippen LogP contribution in [0, 0.1) is 5.92 Å². The number of piperidine rings is 1. The van der Waals surface area contributed by atoms with E-state index in [1.54, 1.807) is 24.3 Å². The van der Waals surface area contributed by atoms with Gasteiger partial charge in [-0.15, -0.1) is 0 Å². The number of benzene rings is 1. The third-order valence-electron chi connectivity index (χ3n) is 3.51. The minimum absolute atomic E-state index is 0.0649. The van der Waals surface area contributed by atoms with Gasteiger partial charge in [-0.1, -0.05) is 12.1 Å². The van der Waals surface area contributed by atoms with Gasteiger partial charge in [-0.25, -0.2) is 13.1 Å². The van der Waals surface area contributed by atoms with Crippen molar-refractivity contribution in [3.05, 3.63) is 28.7 Å². The van der Waals surface area contributed by atoms with Crippen molar-refractivity contribution in [3.63, 3.8) is 0 Å². The zero-order valence-electron chi connectivity index (χ0n) is 10.9. The van der Waals surface area contributed by atoms with Crippen LogP contribution in [-0.4, -0.2) is 27.5 Å². The number of halogens is 1. The van der Waals surface area contributed by atoms with Gasteiger partial charge >= 0.3 is 0 Å². The Labute approximate surface area is 123 Å². The lowest BCUT2D eigenvalue weighted by atomic mass is 9.94. The van der Waals surface area contributed by atoms with Crippen molar-refractivity contribution < 1.29 is 8.42 Å². The first kappa shape index (κ1) is 15.0. The van der Waals surface area contributed by atoms with Gasteiger partial charge in [0.25, 0.3) is 0 Å². The molecule has 1 aromatic rings. The molecular weight excluding hydrogens is 328 g/mol.